The van der Waals surface area contributed by atoms with Crippen molar-refractivity contribution in [1.29, 1.82) is 0 Å². The van der Waals surface area contributed by atoms with Gasteiger partial charge in [-0.05, 0) is 63.4 Å². The second-order valence-electron chi connectivity index (χ2n) is 7.44. The highest BCUT2D eigenvalue weighted by Gasteiger charge is 2.22. The van der Waals surface area contributed by atoms with E-state index in [4.69, 9.17) is 9.47 Å². The molecule has 26 heavy (non-hydrogen) atoms. The van der Waals surface area contributed by atoms with E-state index in [1.807, 2.05) is 63.2 Å². The summed E-state index contributed by atoms with van der Waals surface area (Å²) in [5, 5.41) is 3.00. The Morgan fingerprint density at radius 2 is 1.73 bits per heavy atom. The van der Waals surface area contributed by atoms with E-state index in [0.29, 0.717) is 13.0 Å². The highest BCUT2D eigenvalue weighted by atomic mass is 16.6. The standard InChI is InChI=1S/C22H29NO3/c1-16-10-9-13-19(17(16)2)20(23-21(24)26-22(3,4)5)14-15-25-18-11-7-6-8-12-18/h6-13,20H,14-15H2,1-5H3,(H,23,24). The SMILES string of the molecule is Cc1cccc(C(CCOc2ccccc2)NC(=O)OC(C)(C)C)c1C. The Kier molecular flexibility index (Phi) is 6.67. The molecule has 0 fully saturated rings. The molecule has 0 bridgehead atoms. The van der Waals surface area contributed by atoms with Crippen molar-refractivity contribution in [1.82, 2.24) is 5.32 Å². The van der Waals surface area contributed by atoms with Gasteiger partial charge in [0.1, 0.15) is 11.4 Å². The lowest BCUT2D eigenvalue weighted by atomic mass is 9.96. The van der Waals surface area contributed by atoms with Gasteiger partial charge < -0.3 is 14.8 Å². The van der Waals surface area contributed by atoms with Crippen LogP contribution in [-0.2, 0) is 4.74 Å². The molecule has 0 saturated carbocycles. The Morgan fingerprint density at radius 3 is 2.38 bits per heavy atom. The van der Waals surface area contributed by atoms with Gasteiger partial charge in [-0.3, -0.25) is 0 Å². The predicted octanol–water partition coefficient (Wildman–Crippen LogP) is 5.34. The summed E-state index contributed by atoms with van der Waals surface area (Å²) in [6.45, 7) is 10.2. The van der Waals surface area contributed by atoms with Crippen molar-refractivity contribution in [2.24, 2.45) is 0 Å². The van der Waals surface area contributed by atoms with Crippen LogP contribution < -0.4 is 10.1 Å². The maximum Gasteiger partial charge on any atom is 0.408 e. The lowest BCUT2D eigenvalue weighted by Crippen LogP contribution is -2.35. The number of hydrogen-bond donors (Lipinski definition) is 1. The first-order chi connectivity index (χ1) is 12.3. The zero-order valence-electron chi connectivity index (χ0n) is 16.3. The molecule has 0 aliphatic carbocycles. The van der Waals surface area contributed by atoms with Crippen LogP contribution in [0.25, 0.3) is 0 Å². The van der Waals surface area contributed by atoms with E-state index in [9.17, 15) is 4.79 Å². The molecule has 1 unspecified atom stereocenters. The molecule has 0 spiro atoms. The number of carbonyl (C=O) groups is 1. The number of para-hydroxylation sites is 1. The largest absolute Gasteiger partial charge is 0.494 e. The van der Waals surface area contributed by atoms with Crippen LogP contribution >= 0.6 is 0 Å². The van der Waals surface area contributed by atoms with E-state index in [1.54, 1.807) is 0 Å². The van der Waals surface area contributed by atoms with Gasteiger partial charge in [0.05, 0.1) is 12.6 Å². The molecule has 0 saturated heterocycles. The Hall–Kier alpha value is -2.49. The van der Waals surface area contributed by atoms with Gasteiger partial charge >= 0.3 is 6.09 Å². The molecular weight excluding hydrogens is 326 g/mol. The molecule has 1 atom stereocenters. The highest BCUT2D eigenvalue weighted by molar-refractivity contribution is 5.68. The summed E-state index contributed by atoms with van der Waals surface area (Å²) in [5.74, 6) is 0.824. The normalized spacial score (nSPS) is 12.3. The number of ether oxygens (including phenoxy) is 2. The minimum Gasteiger partial charge on any atom is -0.494 e. The number of carbonyl (C=O) groups excluding carboxylic acids is 1. The minimum atomic E-state index is -0.531. The fraction of sp³-hybridized carbons (Fsp3) is 0.409. The minimum absolute atomic E-state index is 0.173. The number of benzene rings is 2. The van der Waals surface area contributed by atoms with Crippen LogP contribution in [0.4, 0.5) is 4.79 Å². The zero-order chi connectivity index (χ0) is 19.2. The summed E-state index contributed by atoms with van der Waals surface area (Å²) >= 11 is 0. The number of rotatable bonds is 6. The van der Waals surface area contributed by atoms with Crippen molar-refractivity contribution in [2.45, 2.75) is 52.7 Å². The fourth-order valence-electron chi connectivity index (χ4n) is 2.72. The first-order valence-electron chi connectivity index (χ1n) is 9.00. The van der Waals surface area contributed by atoms with Crippen molar-refractivity contribution in [3.63, 3.8) is 0 Å². The molecule has 4 nitrogen and oxygen atoms in total. The monoisotopic (exact) mass is 355 g/mol. The smallest absolute Gasteiger partial charge is 0.408 e. The average molecular weight is 355 g/mol. The molecule has 4 heteroatoms. The first-order valence-corrected chi connectivity index (χ1v) is 9.00. The third-order valence-corrected chi connectivity index (χ3v) is 4.13. The van der Waals surface area contributed by atoms with Gasteiger partial charge in [-0.1, -0.05) is 36.4 Å². The molecule has 0 aromatic heterocycles. The predicted molar refractivity (Wildman–Crippen MR) is 105 cm³/mol. The van der Waals surface area contributed by atoms with Crippen LogP contribution in [0.3, 0.4) is 0 Å². The Labute approximate surface area is 156 Å². The van der Waals surface area contributed by atoms with E-state index in [-0.39, 0.29) is 6.04 Å². The zero-order valence-corrected chi connectivity index (χ0v) is 16.3. The van der Waals surface area contributed by atoms with Crippen LogP contribution in [0.1, 0.15) is 49.9 Å². The molecule has 2 rings (SSSR count). The lowest BCUT2D eigenvalue weighted by Gasteiger charge is -2.25. The van der Waals surface area contributed by atoms with E-state index in [2.05, 4.69) is 25.2 Å². The molecule has 1 amide bonds. The van der Waals surface area contributed by atoms with Crippen LogP contribution in [0, 0.1) is 13.8 Å². The van der Waals surface area contributed by atoms with Crippen LogP contribution in [0.2, 0.25) is 0 Å². The van der Waals surface area contributed by atoms with Gasteiger partial charge in [-0.15, -0.1) is 0 Å². The first kappa shape index (κ1) is 19.8. The molecule has 0 heterocycles. The van der Waals surface area contributed by atoms with E-state index < -0.39 is 11.7 Å². The third kappa shape index (κ3) is 6.10. The Balaban J connectivity index is 2.10. The average Bonchev–Trinajstić information content (AvgIpc) is 2.56. The lowest BCUT2D eigenvalue weighted by molar-refractivity contribution is 0.0497. The summed E-state index contributed by atoms with van der Waals surface area (Å²) in [5.41, 5.74) is 2.93. The topological polar surface area (TPSA) is 47.6 Å². The summed E-state index contributed by atoms with van der Waals surface area (Å²) in [7, 11) is 0. The highest BCUT2D eigenvalue weighted by Crippen LogP contribution is 2.24. The van der Waals surface area contributed by atoms with Gasteiger partial charge in [-0.25, -0.2) is 4.79 Å². The van der Waals surface area contributed by atoms with Crippen LogP contribution in [0.5, 0.6) is 5.75 Å². The quantitative estimate of drug-likeness (QED) is 0.761. The summed E-state index contributed by atoms with van der Waals surface area (Å²) in [6.07, 6.45) is 0.237. The summed E-state index contributed by atoms with van der Waals surface area (Å²) in [4.78, 5) is 12.3. The second-order valence-corrected chi connectivity index (χ2v) is 7.44. The van der Waals surface area contributed by atoms with Crippen molar-refractivity contribution in [3.05, 3.63) is 65.2 Å². The van der Waals surface area contributed by atoms with Crippen molar-refractivity contribution >= 4 is 6.09 Å². The number of aryl methyl sites for hydroxylation is 1. The van der Waals surface area contributed by atoms with E-state index in [1.165, 1.54) is 11.1 Å². The van der Waals surface area contributed by atoms with Gasteiger partial charge in [0.2, 0.25) is 0 Å². The third-order valence-electron chi connectivity index (χ3n) is 4.13. The number of nitrogens with one attached hydrogen (secondary N) is 1. The van der Waals surface area contributed by atoms with Gasteiger partial charge in [0.15, 0.2) is 0 Å². The molecular formula is C22H29NO3. The molecule has 0 aliphatic heterocycles. The van der Waals surface area contributed by atoms with Crippen LogP contribution in [0.15, 0.2) is 48.5 Å². The molecule has 140 valence electrons. The Bertz CT molecular complexity index is 720. The summed E-state index contributed by atoms with van der Waals surface area (Å²) < 4.78 is 11.3. The number of alkyl carbamates (subject to hydrolysis) is 1. The maximum atomic E-state index is 12.3. The molecule has 0 radical (unpaired) electrons. The second kappa shape index (κ2) is 8.75. The number of hydrogen-bond acceptors (Lipinski definition) is 3. The van der Waals surface area contributed by atoms with E-state index in [0.717, 1.165) is 11.3 Å². The Morgan fingerprint density at radius 1 is 1.04 bits per heavy atom. The fourth-order valence-corrected chi connectivity index (χ4v) is 2.72. The summed E-state index contributed by atoms with van der Waals surface area (Å²) in [6, 6.07) is 15.6. The molecule has 2 aromatic rings. The molecule has 1 N–H and O–H groups in total. The van der Waals surface area contributed by atoms with Crippen molar-refractivity contribution in [3.8, 4) is 5.75 Å². The van der Waals surface area contributed by atoms with E-state index >= 15 is 0 Å². The molecule has 2 aromatic carbocycles. The van der Waals surface area contributed by atoms with Crippen molar-refractivity contribution in [2.75, 3.05) is 6.61 Å². The van der Waals surface area contributed by atoms with Crippen LogP contribution in [-0.4, -0.2) is 18.3 Å². The van der Waals surface area contributed by atoms with Gasteiger partial charge in [-0.2, -0.15) is 0 Å². The maximum absolute atomic E-state index is 12.3. The van der Waals surface area contributed by atoms with Gasteiger partial charge in [0.25, 0.3) is 0 Å². The molecule has 0 aliphatic rings. The number of amides is 1. The van der Waals surface area contributed by atoms with Crippen molar-refractivity contribution < 1.29 is 14.3 Å². The van der Waals surface area contributed by atoms with Gasteiger partial charge in [0, 0.05) is 6.42 Å².